The largest absolute Gasteiger partial charge is 0.376 e. The van der Waals surface area contributed by atoms with Crippen LogP contribution in [0.1, 0.15) is 44.3 Å². The van der Waals surface area contributed by atoms with Crippen LogP contribution in [-0.2, 0) is 4.74 Å². The molecule has 1 saturated heterocycles. The number of fused-ring (bicyclic) bond motifs is 3. The molecule has 9 nitrogen and oxygen atoms in total. The summed E-state index contributed by atoms with van der Waals surface area (Å²) in [5.74, 6) is 0.652. The van der Waals surface area contributed by atoms with E-state index in [4.69, 9.17) is 4.74 Å². The third kappa shape index (κ3) is 2.51. The molecule has 1 aliphatic heterocycles. The molecule has 1 aromatic carbocycles. The second-order valence-corrected chi connectivity index (χ2v) is 8.56. The fourth-order valence-electron chi connectivity index (χ4n) is 4.96. The van der Waals surface area contributed by atoms with Gasteiger partial charge in [-0.15, -0.1) is 9.78 Å². The number of aromatic nitrogens is 6. The van der Waals surface area contributed by atoms with Gasteiger partial charge in [0.25, 0.3) is 5.56 Å². The molecule has 0 bridgehead atoms. The Kier molecular flexibility index (Phi) is 3.83. The highest BCUT2D eigenvalue weighted by Gasteiger charge is 2.41. The summed E-state index contributed by atoms with van der Waals surface area (Å²) in [5.41, 5.74) is 3.81. The summed E-state index contributed by atoms with van der Waals surface area (Å²) in [5, 5.41) is 17.8. The lowest BCUT2D eigenvalue weighted by atomic mass is 10.1. The maximum atomic E-state index is 13.9. The van der Waals surface area contributed by atoms with Crippen LogP contribution < -0.4 is 5.56 Å². The maximum Gasteiger partial charge on any atom is 0.278 e. The number of benzene rings is 1. The average Bonchev–Trinajstić information content (AvgIpc) is 3.16. The summed E-state index contributed by atoms with van der Waals surface area (Å²) in [6.45, 7) is 4.77. The Morgan fingerprint density at radius 1 is 1.19 bits per heavy atom. The molecule has 4 atom stereocenters. The highest BCUT2D eigenvalue weighted by molar-refractivity contribution is 5.85. The van der Waals surface area contributed by atoms with E-state index in [1.807, 2.05) is 40.2 Å². The highest BCUT2D eigenvalue weighted by atomic mass is 16.5. The molecule has 0 N–H and O–H groups in total. The summed E-state index contributed by atoms with van der Waals surface area (Å²) in [6, 6.07) is 7.79. The molecule has 4 unspecified atom stereocenters. The Morgan fingerprint density at radius 3 is 2.65 bits per heavy atom. The van der Waals surface area contributed by atoms with E-state index in [2.05, 4.69) is 28.4 Å². The number of hydrogen-bond acceptors (Lipinski definition) is 6. The second kappa shape index (κ2) is 6.49. The van der Waals surface area contributed by atoms with Gasteiger partial charge in [0.1, 0.15) is 23.2 Å². The van der Waals surface area contributed by atoms with Gasteiger partial charge in [0.15, 0.2) is 0 Å². The number of imidazole rings is 1. The van der Waals surface area contributed by atoms with Crippen LogP contribution in [0.3, 0.4) is 0 Å². The molecular weight excluding hydrogens is 394 g/mol. The number of rotatable bonds is 3. The van der Waals surface area contributed by atoms with Crippen LogP contribution in [0.2, 0.25) is 0 Å². The Morgan fingerprint density at radius 2 is 1.97 bits per heavy atom. The lowest BCUT2D eigenvalue weighted by Crippen LogP contribution is -2.30. The van der Waals surface area contributed by atoms with E-state index in [0.717, 1.165) is 29.6 Å². The SMILES string of the molecule is CC1CC1c1c(-c2ncn3c2c(=O)n(C2CCOC2C)c2ccccc23)nnn1C#N. The summed E-state index contributed by atoms with van der Waals surface area (Å²) in [6.07, 6.45) is 5.44. The van der Waals surface area contributed by atoms with Gasteiger partial charge in [0.2, 0.25) is 6.19 Å². The van der Waals surface area contributed by atoms with E-state index in [0.29, 0.717) is 29.4 Å². The monoisotopic (exact) mass is 415 g/mol. The second-order valence-electron chi connectivity index (χ2n) is 8.56. The number of nitrogens with zero attached hydrogens (tertiary/aromatic N) is 7. The first-order chi connectivity index (χ1) is 15.1. The molecule has 4 heterocycles. The number of nitriles is 1. The standard InChI is InChI=1S/C22H21N7O2/c1-12-9-14(12)20-19(25-26-28(20)10-23)18-21-22(30)29(15-7-8-31-13(15)2)17-6-4-3-5-16(17)27(21)11-24-18/h3-6,11-15H,7-9H2,1-2H3. The summed E-state index contributed by atoms with van der Waals surface area (Å²) in [4.78, 5) is 18.5. The van der Waals surface area contributed by atoms with Crippen LogP contribution in [0.15, 0.2) is 35.4 Å². The van der Waals surface area contributed by atoms with Gasteiger partial charge in [0.05, 0.1) is 28.9 Å². The first-order valence-corrected chi connectivity index (χ1v) is 10.6. The molecule has 3 aromatic heterocycles. The minimum Gasteiger partial charge on any atom is -0.376 e. The van der Waals surface area contributed by atoms with Gasteiger partial charge in [-0.25, -0.2) is 4.98 Å². The van der Waals surface area contributed by atoms with Gasteiger partial charge in [-0.1, -0.05) is 24.3 Å². The zero-order valence-corrected chi connectivity index (χ0v) is 17.3. The Labute approximate surface area is 177 Å². The van der Waals surface area contributed by atoms with Crippen molar-refractivity contribution in [3.63, 3.8) is 0 Å². The van der Waals surface area contributed by atoms with Crippen molar-refractivity contribution in [1.29, 1.82) is 5.26 Å². The zero-order chi connectivity index (χ0) is 21.3. The van der Waals surface area contributed by atoms with Gasteiger partial charge < -0.3 is 4.74 Å². The molecule has 156 valence electrons. The molecule has 2 fully saturated rings. The van der Waals surface area contributed by atoms with E-state index in [9.17, 15) is 10.1 Å². The maximum absolute atomic E-state index is 13.9. The molecule has 1 aliphatic carbocycles. The molecule has 1 saturated carbocycles. The smallest absolute Gasteiger partial charge is 0.278 e. The van der Waals surface area contributed by atoms with Crippen molar-refractivity contribution < 1.29 is 4.74 Å². The van der Waals surface area contributed by atoms with Gasteiger partial charge >= 0.3 is 0 Å². The summed E-state index contributed by atoms with van der Waals surface area (Å²) >= 11 is 0. The molecule has 0 spiro atoms. The van der Waals surface area contributed by atoms with Crippen LogP contribution in [0.25, 0.3) is 27.9 Å². The normalized spacial score (nSPS) is 25.3. The van der Waals surface area contributed by atoms with E-state index in [-0.39, 0.29) is 23.6 Å². The Balaban J connectivity index is 1.68. The molecule has 2 aliphatic rings. The van der Waals surface area contributed by atoms with Gasteiger partial charge in [-0.3, -0.25) is 13.8 Å². The topological polar surface area (TPSA) is 103 Å². The quantitative estimate of drug-likeness (QED) is 0.510. The number of ether oxygens (including phenoxy) is 1. The number of hydrogen-bond donors (Lipinski definition) is 0. The van der Waals surface area contributed by atoms with Crippen LogP contribution >= 0.6 is 0 Å². The van der Waals surface area contributed by atoms with Crippen LogP contribution in [-0.4, -0.2) is 41.7 Å². The van der Waals surface area contributed by atoms with E-state index in [1.54, 1.807) is 6.33 Å². The fraction of sp³-hybridized carbons (Fsp3) is 0.409. The zero-order valence-electron chi connectivity index (χ0n) is 17.3. The fourth-order valence-corrected chi connectivity index (χ4v) is 4.96. The van der Waals surface area contributed by atoms with Crippen LogP contribution in [0.5, 0.6) is 0 Å². The van der Waals surface area contributed by atoms with Gasteiger partial charge in [-0.05, 0) is 37.8 Å². The van der Waals surface area contributed by atoms with Crippen molar-refractivity contribution in [2.24, 2.45) is 5.92 Å². The predicted octanol–water partition coefficient (Wildman–Crippen LogP) is 2.71. The molecule has 6 rings (SSSR count). The third-order valence-corrected chi connectivity index (χ3v) is 6.74. The van der Waals surface area contributed by atoms with Crippen molar-refractivity contribution >= 4 is 16.6 Å². The highest BCUT2D eigenvalue weighted by Crippen LogP contribution is 2.49. The van der Waals surface area contributed by atoms with Crippen molar-refractivity contribution in [2.75, 3.05) is 6.61 Å². The lowest BCUT2D eigenvalue weighted by Gasteiger charge is -2.21. The van der Waals surface area contributed by atoms with Gasteiger partial charge in [-0.2, -0.15) is 5.26 Å². The first kappa shape index (κ1) is 18.3. The van der Waals surface area contributed by atoms with Crippen molar-refractivity contribution in [3.8, 4) is 17.6 Å². The van der Waals surface area contributed by atoms with Crippen LogP contribution in [0.4, 0.5) is 0 Å². The third-order valence-electron chi connectivity index (χ3n) is 6.74. The molecule has 0 amide bonds. The van der Waals surface area contributed by atoms with E-state index < -0.39 is 0 Å². The Hall–Kier alpha value is -3.51. The van der Waals surface area contributed by atoms with Crippen molar-refractivity contribution in [3.05, 3.63) is 46.6 Å². The summed E-state index contributed by atoms with van der Waals surface area (Å²) in [7, 11) is 0. The van der Waals surface area contributed by atoms with Crippen molar-refractivity contribution in [1.82, 2.24) is 28.9 Å². The molecule has 4 aromatic rings. The predicted molar refractivity (Wildman–Crippen MR) is 113 cm³/mol. The van der Waals surface area contributed by atoms with Gasteiger partial charge in [0, 0.05) is 12.5 Å². The molecule has 0 radical (unpaired) electrons. The van der Waals surface area contributed by atoms with E-state index >= 15 is 0 Å². The molecular formula is C22H21N7O2. The lowest BCUT2D eigenvalue weighted by molar-refractivity contribution is 0.108. The molecule has 9 heteroatoms. The Bertz CT molecular complexity index is 1440. The minimum absolute atomic E-state index is 0.0529. The van der Waals surface area contributed by atoms with Crippen molar-refractivity contribution in [2.45, 2.75) is 44.8 Å². The van der Waals surface area contributed by atoms with Crippen LogP contribution in [0, 0.1) is 17.4 Å². The average molecular weight is 415 g/mol. The van der Waals surface area contributed by atoms with E-state index in [1.165, 1.54) is 4.68 Å². The summed E-state index contributed by atoms with van der Waals surface area (Å²) < 4.78 is 10.7. The first-order valence-electron chi connectivity index (χ1n) is 10.6. The molecule has 31 heavy (non-hydrogen) atoms. The minimum atomic E-state index is -0.130. The number of para-hydroxylation sites is 2.